The predicted octanol–water partition coefficient (Wildman–Crippen LogP) is 2.89. The SMILES string of the molecule is FCC1CCN(Cc2cccnc2C(F)(F)F)C1. The van der Waals surface area contributed by atoms with Crippen LogP contribution in [0.25, 0.3) is 0 Å². The van der Waals surface area contributed by atoms with Crippen LogP contribution in [0.3, 0.4) is 0 Å². The van der Waals surface area contributed by atoms with E-state index in [2.05, 4.69) is 4.98 Å². The van der Waals surface area contributed by atoms with Crippen LogP contribution in [0.15, 0.2) is 18.3 Å². The Hall–Kier alpha value is -1.17. The Labute approximate surface area is 103 Å². The lowest BCUT2D eigenvalue weighted by Crippen LogP contribution is -2.23. The first-order valence-corrected chi connectivity index (χ1v) is 5.80. The van der Waals surface area contributed by atoms with E-state index in [4.69, 9.17) is 0 Å². The third kappa shape index (κ3) is 2.98. The molecule has 0 radical (unpaired) electrons. The highest BCUT2D eigenvalue weighted by molar-refractivity contribution is 5.22. The zero-order valence-electron chi connectivity index (χ0n) is 9.75. The minimum absolute atomic E-state index is 0.0454. The van der Waals surface area contributed by atoms with Crippen LogP contribution in [0.1, 0.15) is 17.7 Å². The predicted molar refractivity (Wildman–Crippen MR) is 58.6 cm³/mol. The molecule has 1 saturated heterocycles. The first kappa shape index (κ1) is 13.3. The van der Waals surface area contributed by atoms with E-state index in [1.807, 2.05) is 4.90 Å². The molecule has 18 heavy (non-hydrogen) atoms. The van der Waals surface area contributed by atoms with E-state index in [0.717, 1.165) is 6.20 Å². The Morgan fingerprint density at radius 2 is 2.17 bits per heavy atom. The first-order chi connectivity index (χ1) is 8.50. The molecule has 2 nitrogen and oxygen atoms in total. The van der Waals surface area contributed by atoms with Crippen LogP contribution < -0.4 is 0 Å². The second-order valence-electron chi connectivity index (χ2n) is 4.55. The number of nitrogens with zero attached hydrogens (tertiary/aromatic N) is 2. The minimum Gasteiger partial charge on any atom is -0.299 e. The third-order valence-electron chi connectivity index (χ3n) is 3.14. The van der Waals surface area contributed by atoms with Crippen LogP contribution in [0.2, 0.25) is 0 Å². The molecule has 0 saturated carbocycles. The van der Waals surface area contributed by atoms with Crippen molar-refractivity contribution in [1.29, 1.82) is 0 Å². The molecule has 1 fully saturated rings. The highest BCUT2D eigenvalue weighted by Gasteiger charge is 2.35. The van der Waals surface area contributed by atoms with Gasteiger partial charge in [-0.3, -0.25) is 14.3 Å². The number of rotatable bonds is 3. The van der Waals surface area contributed by atoms with E-state index in [-0.39, 0.29) is 18.0 Å². The lowest BCUT2D eigenvalue weighted by molar-refractivity contribution is -0.142. The van der Waals surface area contributed by atoms with Gasteiger partial charge in [0.1, 0.15) is 5.69 Å². The van der Waals surface area contributed by atoms with Gasteiger partial charge in [0.25, 0.3) is 0 Å². The molecule has 0 aliphatic carbocycles. The van der Waals surface area contributed by atoms with Crippen molar-refractivity contribution >= 4 is 0 Å². The lowest BCUT2D eigenvalue weighted by Gasteiger charge is -2.18. The molecule has 1 unspecified atom stereocenters. The molecule has 1 atom stereocenters. The Kier molecular flexibility index (Phi) is 3.85. The number of halogens is 4. The van der Waals surface area contributed by atoms with Crippen molar-refractivity contribution in [3.05, 3.63) is 29.6 Å². The molecule has 2 rings (SSSR count). The molecule has 0 aromatic carbocycles. The summed E-state index contributed by atoms with van der Waals surface area (Å²) in [5, 5.41) is 0. The molecule has 0 bridgehead atoms. The van der Waals surface area contributed by atoms with Crippen molar-refractivity contribution in [2.24, 2.45) is 5.92 Å². The van der Waals surface area contributed by atoms with Gasteiger partial charge in [-0.25, -0.2) is 0 Å². The summed E-state index contributed by atoms with van der Waals surface area (Å²) in [5.74, 6) is -0.0454. The van der Waals surface area contributed by atoms with Crippen molar-refractivity contribution in [2.75, 3.05) is 19.8 Å². The molecule has 1 aliphatic rings. The monoisotopic (exact) mass is 262 g/mol. The summed E-state index contributed by atoms with van der Waals surface area (Å²) in [4.78, 5) is 5.25. The van der Waals surface area contributed by atoms with E-state index in [1.165, 1.54) is 12.1 Å². The van der Waals surface area contributed by atoms with Crippen LogP contribution in [-0.2, 0) is 12.7 Å². The van der Waals surface area contributed by atoms with Crippen LogP contribution in [0.4, 0.5) is 17.6 Å². The molecule has 1 aromatic heterocycles. The second-order valence-corrected chi connectivity index (χ2v) is 4.55. The third-order valence-corrected chi connectivity index (χ3v) is 3.14. The molecule has 1 aliphatic heterocycles. The maximum absolute atomic E-state index is 12.7. The average molecular weight is 262 g/mol. The van der Waals surface area contributed by atoms with Gasteiger partial charge < -0.3 is 0 Å². The molecule has 0 N–H and O–H groups in total. The maximum atomic E-state index is 12.7. The summed E-state index contributed by atoms with van der Waals surface area (Å²) < 4.78 is 50.6. The number of hydrogen-bond acceptors (Lipinski definition) is 2. The molecule has 2 heterocycles. The van der Waals surface area contributed by atoms with Crippen LogP contribution in [0.5, 0.6) is 0 Å². The Bertz CT molecular complexity index is 405. The highest BCUT2D eigenvalue weighted by atomic mass is 19.4. The van der Waals surface area contributed by atoms with Gasteiger partial charge in [-0.15, -0.1) is 0 Å². The first-order valence-electron chi connectivity index (χ1n) is 5.80. The van der Waals surface area contributed by atoms with Gasteiger partial charge >= 0.3 is 6.18 Å². The molecular formula is C12H14F4N2. The summed E-state index contributed by atoms with van der Waals surface area (Å²) in [6, 6.07) is 2.92. The largest absolute Gasteiger partial charge is 0.433 e. The summed E-state index contributed by atoms with van der Waals surface area (Å²) in [5.41, 5.74) is -0.682. The van der Waals surface area contributed by atoms with Crippen LogP contribution >= 0.6 is 0 Å². The van der Waals surface area contributed by atoms with Gasteiger partial charge in [0.2, 0.25) is 0 Å². The lowest BCUT2D eigenvalue weighted by atomic mass is 10.1. The Morgan fingerprint density at radius 1 is 1.39 bits per heavy atom. The van der Waals surface area contributed by atoms with Crippen LogP contribution in [-0.4, -0.2) is 29.6 Å². The van der Waals surface area contributed by atoms with Crippen molar-refractivity contribution < 1.29 is 17.6 Å². The number of aromatic nitrogens is 1. The van der Waals surface area contributed by atoms with E-state index < -0.39 is 18.5 Å². The Balaban J connectivity index is 2.10. The zero-order chi connectivity index (χ0) is 13.2. The van der Waals surface area contributed by atoms with Crippen molar-refractivity contribution in [3.63, 3.8) is 0 Å². The highest BCUT2D eigenvalue weighted by Crippen LogP contribution is 2.31. The smallest absolute Gasteiger partial charge is 0.299 e. The van der Waals surface area contributed by atoms with Gasteiger partial charge in [-0.2, -0.15) is 13.2 Å². The van der Waals surface area contributed by atoms with Crippen LogP contribution in [0, 0.1) is 5.92 Å². The quantitative estimate of drug-likeness (QED) is 0.779. The van der Waals surface area contributed by atoms with Gasteiger partial charge in [0.05, 0.1) is 6.67 Å². The van der Waals surface area contributed by atoms with E-state index in [0.29, 0.717) is 19.5 Å². The standard InChI is InChI=1S/C12H14F4N2/c13-6-9-3-5-18(7-9)8-10-2-1-4-17-11(10)12(14,15)16/h1-2,4,9H,3,5-8H2. The number of alkyl halides is 4. The number of likely N-dealkylation sites (tertiary alicyclic amines) is 1. The molecule has 0 spiro atoms. The number of pyridine rings is 1. The summed E-state index contributed by atoms with van der Waals surface area (Å²) in [6.45, 7) is 0.929. The normalized spacial score (nSPS) is 21.4. The minimum atomic E-state index is -4.43. The van der Waals surface area contributed by atoms with Gasteiger partial charge in [-0.1, -0.05) is 6.07 Å². The summed E-state index contributed by atoms with van der Waals surface area (Å²) in [7, 11) is 0. The molecule has 6 heteroatoms. The van der Waals surface area contributed by atoms with E-state index in [9.17, 15) is 17.6 Å². The van der Waals surface area contributed by atoms with Crippen molar-refractivity contribution in [1.82, 2.24) is 9.88 Å². The fraction of sp³-hybridized carbons (Fsp3) is 0.583. The zero-order valence-corrected chi connectivity index (χ0v) is 9.75. The molecular weight excluding hydrogens is 248 g/mol. The van der Waals surface area contributed by atoms with Gasteiger partial charge in [0.15, 0.2) is 0 Å². The molecule has 1 aromatic rings. The molecule has 100 valence electrons. The van der Waals surface area contributed by atoms with E-state index in [1.54, 1.807) is 0 Å². The van der Waals surface area contributed by atoms with Crippen molar-refractivity contribution in [3.8, 4) is 0 Å². The van der Waals surface area contributed by atoms with Gasteiger partial charge in [-0.05, 0) is 24.6 Å². The topological polar surface area (TPSA) is 16.1 Å². The molecule has 0 amide bonds. The summed E-state index contributed by atoms with van der Waals surface area (Å²) in [6.07, 6.45) is -2.59. The maximum Gasteiger partial charge on any atom is 0.433 e. The van der Waals surface area contributed by atoms with E-state index >= 15 is 0 Å². The van der Waals surface area contributed by atoms with Gasteiger partial charge in [0, 0.05) is 25.2 Å². The van der Waals surface area contributed by atoms with Crippen molar-refractivity contribution in [2.45, 2.75) is 19.1 Å². The average Bonchev–Trinajstić information content (AvgIpc) is 2.76. The Morgan fingerprint density at radius 3 is 2.78 bits per heavy atom. The fourth-order valence-corrected chi connectivity index (χ4v) is 2.24. The second kappa shape index (κ2) is 5.22. The number of hydrogen-bond donors (Lipinski definition) is 0. The summed E-state index contributed by atoms with van der Waals surface area (Å²) >= 11 is 0. The fourth-order valence-electron chi connectivity index (χ4n) is 2.24.